The summed E-state index contributed by atoms with van der Waals surface area (Å²) in [5.41, 5.74) is 3.96. The highest BCUT2D eigenvalue weighted by Crippen LogP contribution is 2.72. The van der Waals surface area contributed by atoms with E-state index in [2.05, 4.69) is 32.0 Å². The predicted octanol–water partition coefficient (Wildman–Crippen LogP) is 4.14. The molecule has 20 heavy (non-hydrogen) atoms. The SMILES string of the molecule is CCc1ccc(CC)c(C(O)C2C3C4CCC(C4)C32)c1. The van der Waals surface area contributed by atoms with Gasteiger partial charge in [0.1, 0.15) is 0 Å². The molecule has 3 saturated carbocycles. The third-order valence-electron chi connectivity index (χ3n) is 6.48. The second-order valence-electron chi connectivity index (χ2n) is 7.25. The van der Waals surface area contributed by atoms with Crippen LogP contribution in [0.1, 0.15) is 55.9 Å². The number of fused-ring (bicyclic) bond motifs is 5. The van der Waals surface area contributed by atoms with E-state index in [1.165, 1.54) is 36.0 Å². The maximum atomic E-state index is 11.0. The Hall–Kier alpha value is -0.820. The van der Waals surface area contributed by atoms with Gasteiger partial charge < -0.3 is 5.11 Å². The van der Waals surface area contributed by atoms with Crippen LogP contribution in [0.25, 0.3) is 0 Å². The van der Waals surface area contributed by atoms with Crippen LogP contribution in [0, 0.1) is 29.6 Å². The Bertz CT molecular complexity index is 504. The zero-order valence-corrected chi connectivity index (χ0v) is 12.7. The molecule has 108 valence electrons. The molecule has 0 aliphatic heterocycles. The summed E-state index contributed by atoms with van der Waals surface area (Å²) in [4.78, 5) is 0. The van der Waals surface area contributed by atoms with Gasteiger partial charge in [0.2, 0.25) is 0 Å². The van der Waals surface area contributed by atoms with E-state index in [0.717, 1.165) is 36.5 Å². The molecule has 0 radical (unpaired) electrons. The number of rotatable bonds is 4. The zero-order chi connectivity index (χ0) is 13.9. The molecule has 3 fully saturated rings. The number of benzene rings is 1. The first-order valence-corrected chi connectivity index (χ1v) is 8.54. The molecule has 5 unspecified atom stereocenters. The first-order valence-electron chi connectivity index (χ1n) is 8.54. The molecule has 0 amide bonds. The summed E-state index contributed by atoms with van der Waals surface area (Å²) < 4.78 is 0. The van der Waals surface area contributed by atoms with Crippen LogP contribution < -0.4 is 0 Å². The lowest BCUT2D eigenvalue weighted by atomic mass is 9.90. The van der Waals surface area contributed by atoms with Crippen LogP contribution in [-0.2, 0) is 12.8 Å². The molecule has 0 aromatic heterocycles. The highest BCUT2D eigenvalue weighted by molar-refractivity contribution is 5.36. The molecule has 0 heterocycles. The Morgan fingerprint density at radius 3 is 2.40 bits per heavy atom. The van der Waals surface area contributed by atoms with Crippen LogP contribution >= 0.6 is 0 Å². The van der Waals surface area contributed by atoms with Gasteiger partial charge in [-0.25, -0.2) is 0 Å². The molecule has 0 spiro atoms. The van der Waals surface area contributed by atoms with Crippen molar-refractivity contribution in [1.82, 2.24) is 0 Å². The lowest BCUT2D eigenvalue weighted by Crippen LogP contribution is -2.11. The van der Waals surface area contributed by atoms with Crippen LogP contribution in [0.3, 0.4) is 0 Å². The van der Waals surface area contributed by atoms with Crippen molar-refractivity contribution in [2.45, 2.75) is 52.1 Å². The second kappa shape index (κ2) is 4.59. The topological polar surface area (TPSA) is 20.2 Å². The monoisotopic (exact) mass is 270 g/mol. The normalized spacial score (nSPS) is 38.9. The average molecular weight is 270 g/mol. The minimum Gasteiger partial charge on any atom is -0.388 e. The smallest absolute Gasteiger partial charge is 0.0826 e. The largest absolute Gasteiger partial charge is 0.388 e. The van der Waals surface area contributed by atoms with Gasteiger partial charge in [-0.2, -0.15) is 0 Å². The van der Waals surface area contributed by atoms with Gasteiger partial charge in [0.25, 0.3) is 0 Å². The van der Waals surface area contributed by atoms with Crippen molar-refractivity contribution in [3.05, 3.63) is 34.9 Å². The van der Waals surface area contributed by atoms with Gasteiger partial charge in [-0.1, -0.05) is 32.0 Å². The summed E-state index contributed by atoms with van der Waals surface area (Å²) >= 11 is 0. The Morgan fingerprint density at radius 2 is 1.80 bits per heavy atom. The van der Waals surface area contributed by atoms with Gasteiger partial charge in [0, 0.05) is 0 Å². The molecule has 1 N–H and O–H groups in total. The Kier molecular flexibility index (Phi) is 2.96. The molecule has 1 nitrogen and oxygen atoms in total. The third-order valence-corrected chi connectivity index (χ3v) is 6.48. The van der Waals surface area contributed by atoms with E-state index in [1.807, 2.05) is 0 Å². The molecular formula is C19H26O. The molecule has 0 saturated heterocycles. The Labute approximate surface area is 122 Å². The van der Waals surface area contributed by atoms with Crippen LogP contribution in [0.4, 0.5) is 0 Å². The van der Waals surface area contributed by atoms with Crippen LogP contribution in [0.5, 0.6) is 0 Å². The molecule has 1 heteroatoms. The van der Waals surface area contributed by atoms with Gasteiger partial charge in [-0.05, 0) is 78.4 Å². The third kappa shape index (κ3) is 1.72. The number of aryl methyl sites for hydroxylation is 2. The van der Waals surface area contributed by atoms with E-state index < -0.39 is 0 Å². The zero-order valence-electron chi connectivity index (χ0n) is 12.7. The fourth-order valence-electron chi connectivity index (χ4n) is 5.48. The van der Waals surface area contributed by atoms with Crippen LogP contribution in [0.15, 0.2) is 18.2 Å². The second-order valence-corrected chi connectivity index (χ2v) is 7.25. The van der Waals surface area contributed by atoms with Gasteiger partial charge in [0.05, 0.1) is 6.10 Å². The Balaban J connectivity index is 1.61. The van der Waals surface area contributed by atoms with E-state index in [-0.39, 0.29) is 6.10 Å². The van der Waals surface area contributed by atoms with E-state index >= 15 is 0 Å². The van der Waals surface area contributed by atoms with E-state index in [1.54, 1.807) is 0 Å². The van der Waals surface area contributed by atoms with E-state index in [0.29, 0.717) is 5.92 Å². The number of aliphatic hydroxyl groups excluding tert-OH is 1. The molecule has 4 rings (SSSR count). The maximum Gasteiger partial charge on any atom is 0.0826 e. The van der Waals surface area contributed by atoms with Gasteiger partial charge in [0.15, 0.2) is 0 Å². The van der Waals surface area contributed by atoms with Crippen molar-refractivity contribution in [2.75, 3.05) is 0 Å². The van der Waals surface area contributed by atoms with Crippen molar-refractivity contribution in [1.29, 1.82) is 0 Å². The lowest BCUT2D eigenvalue weighted by molar-refractivity contribution is 0.129. The van der Waals surface area contributed by atoms with Crippen molar-refractivity contribution in [2.24, 2.45) is 29.6 Å². The van der Waals surface area contributed by atoms with Crippen molar-refractivity contribution >= 4 is 0 Å². The minimum absolute atomic E-state index is 0.199. The summed E-state index contributed by atoms with van der Waals surface area (Å²) in [6, 6.07) is 6.75. The first-order chi connectivity index (χ1) is 9.74. The lowest BCUT2D eigenvalue weighted by Gasteiger charge is -2.19. The van der Waals surface area contributed by atoms with Crippen molar-refractivity contribution in [3.8, 4) is 0 Å². The fourth-order valence-corrected chi connectivity index (χ4v) is 5.48. The average Bonchev–Trinajstić information content (AvgIpc) is 2.93. The molecule has 1 aromatic carbocycles. The number of hydrogen-bond acceptors (Lipinski definition) is 1. The van der Waals surface area contributed by atoms with Gasteiger partial charge in [-0.3, -0.25) is 0 Å². The highest BCUT2D eigenvalue weighted by Gasteiger charge is 2.66. The summed E-state index contributed by atoms with van der Waals surface area (Å²) in [6.07, 6.45) is 6.23. The fraction of sp³-hybridized carbons (Fsp3) is 0.684. The molecule has 3 aliphatic rings. The predicted molar refractivity (Wildman–Crippen MR) is 81.5 cm³/mol. The Morgan fingerprint density at radius 1 is 1.10 bits per heavy atom. The van der Waals surface area contributed by atoms with E-state index in [4.69, 9.17) is 0 Å². The number of hydrogen-bond donors (Lipinski definition) is 1. The molecule has 5 atom stereocenters. The van der Waals surface area contributed by atoms with Crippen LogP contribution in [0.2, 0.25) is 0 Å². The van der Waals surface area contributed by atoms with Crippen molar-refractivity contribution < 1.29 is 5.11 Å². The molecule has 3 aliphatic carbocycles. The standard InChI is InChI=1S/C19H26O/c1-3-11-5-6-12(4-2)15(9-11)19(20)18-16-13-7-8-14(10-13)17(16)18/h5-6,9,13-14,16-20H,3-4,7-8,10H2,1-2H3. The summed E-state index contributed by atoms with van der Waals surface area (Å²) in [6.45, 7) is 4.40. The summed E-state index contributed by atoms with van der Waals surface area (Å²) in [5, 5.41) is 11.0. The minimum atomic E-state index is -0.199. The highest BCUT2D eigenvalue weighted by atomic mass is 16.3. The number of aliphatic hydroxyl groups is 1. The first kappa shape index (κ1) is 12.9. The molecule has 1 aromatic rings. The van der Waals surface area contributed by atoms with Crippen LogP contribution in [-0.4, -0.2) is 5.11 Å². The van der Waals surface area contributed by atoms with E-state index in [9.17, 15) is 5.11 Å². The summed E-state index contributed by atoms with van der Waals surface area (Å²) in [5.74, 6) is 4.20. The van der Waals surface area contributed by atoms with Crippen molar-refractivity contribution in [3.63, 3.8) is 0 Å². The summed E-state index contributed by atoms with van der Waals surface area (Å²) in [7, 11) is 0. The molecular weight excluding hydrogens is 244 g/mol. The quantitative estimate of drug-likeness (QED) is 0.872. The molecule has 2 bridgehead atoms. The maximum absolute atomic E-state index is 11.0. The van der Waals surface area contributed by atoms with Gasteiger partial charge in [-0.15, -0.1) is 0 Å². The van der Waals surface area contributed by atoms with Gasteiger partial charge >= 0.3 is 0 Å².